The van der Waals surface area contributed by atoms with Gasteiger partial charge in [0.15, 0.2) is 11.5 Å². The van der Waals surface area contributed by atoms with E-state index < -0.39 is 6.04 Å². The number of hydrogen-bond donors (Lipinski definition) is 1. The van der Waals surface area contributed by atoms with Gasteiger partial charge in [0.2, 0.25) is 18.6 Å². The van der Waals surface area contributed by atoms with E-state index in [0.717, 1.165) is 28.2 Å². The number of fused-ring (bicyclic) bond motifs is 1. The van der Waals surface area contributed by atoms with Gasteiger partial charge >= 0.3 is 0 Å². The van der Waals surface area contributed by atoms with Crippen LogP contribution < -0.4 is 14.8 Å². The van der Waals surface area contributed by atoms with Crippen LogP contribution >= 0.6 is 0 Å². The Morgan fingerprint density at radius 3 is 2.53 bits per heavy atom. The first-order valence-electron chi connectivity index (χ1n) is 9.52. The smallest absolute Gasteiger partial charge is 0.247 e. The molecule has 1 aromatic heterocycles. The molecule has 0 aliphatic carbocycles. The lowest BCUT2D eigenvalue weighted by atomic mass is 10.1. The average Bonchev–Trinajstić information content (AvgIpc) is 3.45. The highest BCUT2D eigenvalue weighted by Gasteiger charge is 2.22. The van der Waals surface area contributed by atoms with E-state index in [4.69, 9.17) is 13.9 Å². The van der Waals surface area contributed by atoms with Crippen LogP contribution in [0.2, 0.25) is 0 Å². The molecule has 1 unspecified atom stereocenters. The number of rotatable bonds is 6. The molecule has 0 amide bonds. The maximum Gasteiger partial charge on any atom is 0.247 e. The highest BCUT2D eigenvalue weighted by Crippen LogP contribution is 2.33. The van der Waals surface area contributed by atoms with Crippen LogP contribution in [0.3, 0.4) is 0 Å². The number of nitrogens with zero attached hydrogens (tertiary/aromatic N) is 2. The zero-order valence-electron chi connectivity index (χ0n) is 15.9. The van der Waals surface area contributed by atoms with Crippen molar-refractivity contribution in [2.24, 2.45) is 0 Å². The SMILES string of the molecule is Fc1ccc(C(NCc2ccc3c(c2)OCO3)c2nnc(-c3ccccc3)o2)cc1. The normalized spacial score (nSPS) is 13.4. The second kappa shape index (κ2) is 7.96. The van der Waals surface area contributed by atoms with Crippen molar-refractivity contribution in [3.05, 3.63) is 95.6 Å². The van der Waals surface area contributed by atoms with Crippen LogP contribution in [0.1, 0.15) is 23.1 Å². The van der Waals surface area contributed by atoms with E-state index in [1.54, 1.807) is 12.1 Å². The third kappa shape index (κ3) is 3.75. The molecule has 2 heterocycles. The quantitative estimate of drug-likeness (QED) is 0.512. The van der Waals surface area contributed by atoms with E-state index in [0.29, 0.717) is 18.3 Å². The molecule has 6 nitrogen and oxygen atoms in total. The Labute approximate surface area is 172 Å². The molecule has 0 bridgehead atoms. The van der Waals surface area contributed by atoms with Crippen molar-refractivity contribution in [3.8, 4) is 23.0 Å². The highest BCUT2D eigenvalue weighted by molar-refractivity contribution is 5.52. The molecule has 30 heavy (non-hydrogen) atoms. The van der Waals surface area contributed by atoms with Crippen LogP contribution in [0.4, 0.5) is 4.39 Å². The van der Waals surface area contributed by atoms with Crippen LogP contribution in [0.25, 0.3) is 11.5 Å². The van der Waals surface area contributed by atoms with Gasteiger partial charge in [-0.2, -0.15) is 0 Å². The van der Waals surface area contributed by atoms with E-state index in [2.05, 4.69) is 15.5 Å². The van der Waals surface area contributed by atoms with Crippen LogP contribution in [0, 0.1) is 5.82 Å². The minimum Gasteiger partial charge on any atom is -0.454 e. The van der Waals surface area contributed by atoms with Crippen LogP contribution in [0.5, 0.6) is 11.5 Å². The first-order valence-corrected chi connectivity index (χ1v) is 9.52. The minimum atomic E-state index is -0.402. The summed E-state index contributed by atoms with van der Waals surface area (Å²) < 4.78 is 30.2. The summed E-state index contributed by atoms with van der Waals surface area (Å²) in [5.74, 6) is 1.99. The fourth-order valence-corrected chi connectivity index (χ4v) is 3.32. The van der Waals surface area contributed by atoms with Gasteiger partial charge in [-0.1, -0.05) is 36.4 Å². The Morgan fingerprint density at radius 1 is 0.900 bits per heavy atom. The maximum absolute atomic E-state index is 13.5. The molecular weight excluding hydrogens is 385 g/mol. The first kappa shape index (κ1) is 18.3. The molecule has 4 aromatic rings. The van der Waals surface area contributed by atoms with Crippen LogP contribution in [-0.4, -0.2) is 17.0 Å². The third-order valence-electron chi connectivity index (χ3n) is 4.86. The Bertz CT molecular complexity index is 1150. The molecule has 5 rings (SSSR count). The molecule has 0 spiro atoms. The van der Waals surface area contributed by atoms with Gasteiger partial charge in [-0.15, -0.1) is 10.2 Å². The summed E-state index contributed by atoms with van der Waals surface area (Å²) in [6.07, 6.45) is 0. The largest absolute Gasteiger partial charge is 0.454 e. The van der Waals surface area contributed by atoms with Gasteiger partial charge < -0.3 is 13.9 Å². The summed E-state index contributed by atoms with van der Waals surface area (Å²) in [6, 6.07) is 21.2. The fraction of sp³-hybridized carbons (Fsp3) is 0.130. The Balaban J connectivity index is 1.42. The van der Waals surface area contributed by atoms with Crippen molar-refractivity contribution in [2.45, 2.75) is 12.6 Å². The van der Waals surface area contributed by atoms with Crippen molar-refractivity contribution in [1.82, 2.24) is 15.5 Å². The summed E-state index contributed by atoms with van der Waals surface area (Å²) in [5.41, 5.74) is 2.67. The molecule has 0 fully saturated rings. The van der Waals surface area contributed by atoms with Crippen molar-refractivity contribution < 1.29 is 18.3 Å². The van der Waals surface area contributed by atoms with Gasteiger partial charge in [-0.05, 0) is 47.5 Å². The summed E-state index contributed by atoms with van der Waals surface area (Å²) in [7, 11) is 0. The summed E-state index contributed by atoms with van der Waals surface area (Å²) in [6.45, 7) is 0.746. The number of aromatic nitrogens is 2. The number of benzene rings is 3. The lowest BCUT2D eigenvalue weighted by Gasteiger charge is -2.16. The van der Waals surface area contributed by atoms with Crippen LogP contribution in [-0.2, 0) is 6.54 Å². The number of ether oxygens (including phenoxy) is 2. The van der Waals surface area contributed by atoms with E-state index >= 15 is 0 Å². The lowest BCUT2D eigenvalue weighted by Crippen LogP contribution is -2.22. The average molecular weight is 403 g/mol. The molecule has 3 aromatic carbocycles. The van der Waals surface area contributed by atoms with Crippen molar-refractivity contribution in [3.63, 3.8) is 0 Å². The minimum absolute atomic E-state index is 0.231. The van der Waals surface area contributed by atoms with Crippen molar-refractivity contribution >= 4 is 0 Å². The van der Waals surface area contributed by atoms with Gasteiger partial charge in [0.1, 0.15) is 11.9 Å². The summed E-state index contributed by atoms with van der Waals surface area (Å²) in [5, 5.41) is 11.9. The third-order valence-corrected chi connectivity index (χ3v) is 4.86. The lowest BCUT2D eigenvalue weighted by molar-refractivity contribution is 0.174. The molecule has 150 valence electrons. The Kier molecular flexibility index (Phi) is 4.86. The molecule has 0 radical (unpaired) electrons. The Hall–Kier alpha value is -3.71. The first-order chi connectivity index (χ1) is 14.8. The molecule has 0 saturated carbocycles. The molecule has 1 aliphatic rings. The van der Waals surface area contributed by atoms with Gasteiger partial charge in [0.05, 0.1) is 0 Å². The Morgan fingerprint density at radius 2 is 1.70 bits per heavy atom. The van der Waals surface area contributed by atoms with E-state index in [-0.39, 0.29) is 12.6 Å². The molecule has 7 heteroatoms. The van der Waals surface area contributed by atoms with Gasteiger partial charge in [-0.25, -0.2) is 4.39 Å². The van der Waals surface area contributed by atoms with Gasteiger partial charge in [0.25, 0.3) is 0 Å². The second-order valence-electron chi connectivity index (χ2n) is 6.86. The fourth-order valence-electron chi connectivity index (χ4n) is 3.32. The number of hydrogen-bond acceptors (Lipinski definition) is 6. The predicted octanol–water partition coefficient (Wildman–Crippen LogP) is 4.48. The molecule has 1 N–H and O–H groups in total. The van der Waals surface area contributed by atoms with Crippen LogP contribution in [0.15, 0.2) is 77.2 Å². The summed E-state index contributed by atoms with van der Waals surface area (Å²) >= 11 is 0. The van der Waals surface area contributed by atoms with E-state index in [9.17, 15) is 4.39 Å². The van der Waals surface area contributed by atoms with Gasteiger partial charge in [0, 0.05) is 12.1 Å². The summed E-state index contributed by atoms with van der Waals surface area (Å²) in [4.78, 5) is 0. The molecule has 1 aliphatic heterocycles. The maximum atomic E-state index is 13.5. The number of halogens is 1. The zero-order valence-corrected chi connectivity index (χ0v) is 15.9. The van der Waals surface area contributed by atoms with Crippen molar-refractivity contribution in [1.29, 1.82) is 0 Å². The molecular formula is C23H18FN3O3. The van der Waals surface area contributed by atoms with E-state index in [1.165, 1.54) is 12.1 Å². The van der Waals surface area contributed by atoms with Crippen molar-refractivity contribution in [2.75, 3.05) is 6.79 Å². The highest BCUT2D eigenvalue weighted by atomic mass is 19.1. The topological polar surface area (TPSA) is 69.4 Å². The predicted molar refractivity (Wildman–Crippen MR) is 107 cm³/mol. The van der Waals surface area contributed by atoms with E-state index in [1.807, 2.05) is 48.5 Å². The monoisotopic (exact) mass is 403 g/mol. The zero-order chi connectivity index (χ0) is 20.3. The number of nitrogens with one attached hydrogen (secondary N) is 1. The standard InChI is InChI=1S/C23H18FN3O3/c24-18-9-7-16(8-10-18)21(23-27-26-22(30-23)17-4-2-1-3-5-17)25-13-15-6-11-19-20(12-15)29-14-28-19/h1-12,21,25H,13-14H2. The second-order valence-corrected chi connectivity index (χ2v) is 6.86. The molecule has 1 atom stereocenters. The van der Waals surface area contributed by atoms with Gasteiger partial charge in [-0.3, -0.25) is 5.32 Å². The molecule has 0 saturated heterocycles.